The Balaban J connectivity index is 1.73. The van der Waals surface area contributed by atoms with Gasteiger partial charge in [0.2, 0.25) is 0 Å². The Kier molecular flexibility index (Phi) is 6.66. The van der Waals surface area contributed by atoms with Crippen LogP contribution in [0, 0.1) is 0 Å². The predicted molar refractivity (Wildman–Crippen MR) is 173 cm³/mol. The molecule has 4 heteroatoms. The number of hydrogen-bond acceptors (Lipinski definition) is 4. The van der Waals surface area contributed by atoms with Crippen molar-refractivity contribution in [3.8, 4) is 22.3 Å². The zero-order chi connectivity index (χ0) is 28.4. The summed E-state index contributed by atoms with van der Waals surface area (Å²) in [5.74, 6) is 0. The van der Waals surface area contributed by atoms with E-state index in [-0.39, 0.29) is 0 Å². The van der Waals surface area contributed by atoms with Crippen LogP contribution in [0.5, 0.6) is 0 Å². The van der Waals surface area contributed by atoms with Crippen molar-refractivity contribution in [3.05, 3.63) is 168 Å². The summed E-state index contributed by atoms with van der Waals surface area (Å²) in [4.78, 5) is 0. The zero-order valence-electron chi connectivity index (χ0n) is 22.7. The average Bonchev–Trinajstić information content (AvgIpc) is 3.01. The van der Waals surface area contributed by atoms with Crippen molar-refractivity contribution in [2.75, 3.05) is 22.9 Å². The molecule has 200 valence electrons. The lowest BCUT2D eigenvalue weighted by Gasteiger charge is -2.37. The Hall–Kier alpha value is -5.48. The van der Waals surface area contributed by atoms with E-state index in [4.69, 9.17) is 22.9 Å². The smallest absolute Gasteiger partial charge is 0.0702 e. The molecule has 0 heterocycles. The van der Waals surface area contributed by atoms with Gasteiger partial charge in [0.15, 0.2) is 0 Å². The number of rotatable bonds is 6. The number of benzene rings is 6. The quantitative estimate of drug-likeness (QED) is 0.130. The van der Waals surface area contributed by atoms with Crippen LogP contribution < -0.4 is 22.9 Å². The minimum Gasteiger partial charge on any atom is -0.398 e. The molecule has 0 spiro atoms. The summed E-state index contributed by atoms with van der Waals surface area (Å²) < 4.78 is 0. The fourth-order valence-electron chi connectivity index (χ4n) is 5.91. The Bertz CT molecular complexity index is 1690. The molecule has 8 N–H and O–H groups in total. The summed E-state index contributed by atoms with van der Waals surface area (Å²) in [5, 5.41) is 0. The van der Waals surface area contributed by atoms with Crippen molar-refractivity contribution in [1.82, 2.24) is 0 Å². The molecule has 0 unspecified atom stereocenters. The third-order valence-corrected chi connectivity index (χ3v) is 7.89. The van der Waals surface area contributed by atoms with Gasteiger partial charge in [-0.05, 0) is 58.7 Å². The second-order valence-electron chi connectivity index (χ2n) is 10.3. The highest BCUT2D eigenvalue weighted by molar-refractivity contribution is 5.87. The number of nitrogens with two attached hydrogens (primary N) is 4. The molecular weight excluding hydrogens is 500 g/mol. The molecule has 0 radical (unpaired) electrons. The number of hydrogen-bond donors (Lipinski definition) is 4. The maximum Gasteiger partial charge on any atom is 0.0702 e. The summed E-state index contributed by atoms with van der Waals surface area (Å²) in [6.45, 7) is 0. The third-order valence-electron chi connectivity index (χ3n) is 7.89. The van der Waals surface area contributed by atoms with E-state index in [1.54, 1.807) is 0 Å². The van der Waals surface area contributed by atoms with E-state index in [2.05, 4.69) is 72.8 Å². The Morgan fingerprint density at radius 3 is 1.02 bits per heavy atom. The van der Waals surface area contributed by atoms with Crippen molar-refractivity contribution < 1.29 is 0 Å². The van der Waals surface area contributed by atoms with E-state index in [9.17, 15) is 0 Å². The van der Waals surface area contributed by atoms with Gasteiger partial charge in [0.05, 0.1) is 5.41 Å². The first-order valence-corrected chi connectivity index (χ1v) is 13.6. The van der Waals surface area contributed by atoms with Crippen LogP contribution in [-0.2, 0) is 5.41 Å². The van der Waals surface area contributed by atoms with Crippen molar-refractivity contribution in [2.45, 2.75) is 5.41 Å². The van der Waals surface area contributed by atoms with E-state index < -0.39 is 5.41 Å². The summed E-state index contributed by atoms with van der Waals surface area (Å²) in [5.41, 5.74) is 36.0. The molecule has 0 aliphatic carbocycles. The minimum absolute atomic E-state index is 0.664. The van der Waals surface area contributed by atoms with Crippen LogP contribution in [0.3, 0.4) is 0 Å². The monoisotopic (exact) mass is 532 g/mol. The highest BCUT2D eigenvalue weighted by Crippen LogP contribution is 2.48. The maximum atomic E-state index is 6.60. The van der Waals surface area contributed by atoms with Crippen molar-refractivity contribution >= 4 is 22.7 Å². The molecule has 0 atom stereocenters. The molecular formula is C37H32N4. The summed E-state index contributed by atoms with van der Waals surface area (Å²) in [6, 6.07) is 49.3. The lowest BCUT2D eigenvalue weighted by Crippen LogP contribution is -2.31. The molecule has 6 aromatic rings. The SMILES string of the molecule is Nc1ccccc1-c1cc(C(c2ccccc2)(c2ccccc2)c2ccc(N)c(-c3ccccc3N)c2)ccc1N. The molecule has 0 aliphatic heterocycles. The van der Waals surface area contributed by atoms with Gasteiger partial charge in [-0.25, -0.2) is 0 Å². The third kappa shape index (κ3) is 4.46. The van der Waals surface area contributed by atoms with Gasteiger partial charge in [0.1, 0.15) is 0 Å². The van der Waals surface area contributed by atoms with Crippen LogP contribution in [0.2, 0.25) is 0 Å². The first-order valence-electron chi connectivity index (χ1n) is 13.6. The van der Waals surface area contributed by atoms with Gasteiger partial charge < -0.3 is 22.9 Å². The molecule has 6 rings (SSSR count). The average molecular weight is 533 g/mol. The summed E-state index contributed by atoms with van der Waals surface area (Å²) in [7, 11) is 0. The minimum atomic E-state index is -0.708. The normalized spacial score (nSPS) is 11.3. The van der Waals surface area contributed by atoms with Gasteiger partial charge in [0.25, 0.3) is 0 Å². The van der Waals surface area contributed by atoms with Gasteiger partial charge in [-0.15, -0.1) is 0 Å². The highest BCUT2D eigenvalue weighted by atomic mass is 14.6. The number of para-hydroxylation sites is 2. The van der Waals surface area contributed by atoms with E-state index in [1.165, 1.54) is 0 Å². The lowest BCUT2D eigenvalue weighted by atomic mass is 9.64. The molecule has 41 heavy (non-hydrogen) atoms. The summed E-state index contributed by atoms with van der Waals surface area (Å²) >= 11 is 0. The topological polar surface area (TPSA) is 104 Å². The van der Waals surface area contributed by atoms with Gasteiger partial charge in [0, 0.05) is 45.0 Å². The van der Waals surface area contributed by atoms with Gasteiger partial charge in [-0.2, -0.15) is 0 Å². The second kappa shape index (κ2) is 10.6. The number of anilines is 4. The van der Waals surface area contributed by atoms with E-state index in [1.807, 2.05) is 72.8 Å². The van der Waals surface area contributed by atoms with Gasteiger partial charge in [-0.1, -0.05) is 109 Å². The van der Waals surface area contributed by atoms with Crippen LogP contribution in [0.4, 0.5) is 22.7 Å². The van der Waals surface area contributed by atoms with Crippen LogP contribution in [0.25, 0.3) is 22.3 Å². The fraction of sp³-hybridized carbons (Fsp3) is 0.0270. The first kappa shape index (κ1) is 25.8. The molecule has 0 aliphatic rings. The fourth-order valence-corrected chi connectivity index (χ4v) is 5.91. The maximum absolute atomic E-state index is 6.60. The Morgan fingerprint density at radius 2 is 0.634 bits per heavy atom. The Morgan fingerprint density at radius 1 is 0.293 bits per heavy atom. The van der Waals surface area contributed by atoms with Crippen molar-refractivity contribution in [3.63, 3.8) is 0 Å². The van der Waals surface area contributed by atoms with Crippen LogP contribution >= 0.6 is 0 Å². The molecule has 0 bridgehead atoms. The van der Waals surface area contributed by atoms with Crippen LogP contribution in [-0.4, -0.2) is 0 Å². The van der Waals surface area contributed by atoms with E-state index in [0.717, 1.165) is 44.5 Å². The number of nitrogen functional groups attached to an aromatic ring is 4. The van der Waals surface area contributed by atoms with E-state index >= 15 is 0 Å². The molecule has 0 amide bonds. The molecule has 0 fully saturated rings. The van der Waals surface area contributed by atoms with Crippen LogP contribution in [0.1, 0.15) is 22.3 Å². The summed E-state index contributed by atoms with van der Waals surface area (Å²) in [6.07, 6.45) is 0. The molecule has 0 saturated carbocycles. The molecule has 4 nitrogen and oxygen atoms in total. The second-order valence-corrected chi connectivity index (χ2v) is 10.3. The Labute approximate surface area is 240 Å². The largest absolute Gasteiger partial charge is 0.398 e. The van der Waals surface area contributed by atoms with Crippen molar-refractivity contribution in [1.29, 1.82) is 0 Å². The zero-order valence-corrected chi connectivity index (χ0v) is 22.7. The van der Waals surface area contributed by atoms with Crippen molar-refractivity contribution in [2.24, 2.45) is 0 Å². The predicted octanol–water partition coefficient (Wildman–Crippen LogP) is 7.73. The van der Waals surface area contributed by atoms with Gasteiger partial charge >= 0.3 is 0 Å². The highest BCUT2D eigenvalue weighted by Gasteiger charge is 2.39. The molecule has 6 aromatic carbocycles. The molecule has 0 aromatic heterocycles. The standard InChI is InChI=1S/C37H32N4/c38-33-17-9-7-15-29(33)31-23-27(19-21-35(31)40)37(25-11-3-1-4-12-25,26-13-5-2-6-14-26)28-20-22-36(41)32(24-28)30-16-8-10-18-34(30)39/h1-24H,38-41H2. The first-order chi connectivity index (χ1) is 20.0. The van der Waals surface area contributed by atoms with E-state index in [0.29, 0.717) is 22.7 Å². The van der Waals surface area contributed by atoms with Crippen LogP contribution in [0.15, 0.2) is 146 Å². The van der Waals surface area contributed by atoms with Gasteiger partial charge in [-0.3, -0.25) is 0 Å². The lowest BCUT2D eigenvalue weighted by molar-refractivity contribution is 0.746. The molecule has 0 saturated heterocycles.